The molecule has 0 spiro atoms. The van der Waals surface area contributed by atoms with Gasteiger partial charge in [0.25, 0.3) is 0 Å². The van der Waals surface area contributed by atoms with E-state index in [9.17, 15) is 15.0 Å². The van der Waals surface area contributed by atoms with Crippen LogP contribution in [0, 0.1) is 35.5 Å². The van der Waals surface area contributed by atoms with Crippen LogP contribution in [0.15, 0.2) is 23.1 Å². The van der Waals surface area contributed by atoms with Crippen LogP contribution < -0.4 is 0 Å². The first-order chi connectivity index (χ1) is 12.8. The van der Waals surface area contributed by atoms with Gasteiger partial charge in [-0.15, -0.1) is 23.6 Å². The highest BCUT2D eigenvalue weighted by Crippen LogP contribution is 2.50. The number of thioether (sulfide) groups is 1. The molecule has 0 radical (unpaired) electrons. The summed E-state index contributed by atoms with van der Waals surface area (Å²) < 4.78 is 0. The van der Waals surface area contributed by atoms with E-state index in [0.717, 1.165) is 19.3 Å². The molecule has 0 unspecified atom stereocenters. The van der Waals surface area contributed by atoms with Crippen molar-refractivity contribution in [1.29, 1.82) is 0 Å². The minimum absolute atomic E-state index is 0.0905. The second kappa shape index (κ2) is 10.4. The van der Waals surface area contributed by atoms with Gasteiger partial charge in [-0.05, 0) is 49.3 Å². The molecule has 0 heterocycles. The third-order valence-corrected chi connectivity index (χ3v) is 6.69. The van der Waals surface area contributed by atoms with E-state index in [1.165, 1.54) is 5.57 Å². The van der Waals surface area contributed by atoms with Crippen molar-refractivity contribution in [3.05, 3.63) is 23.1 Å². The van der Waals surface area contributed by atoms with Gasteiger partial charge in [-0.2, -0.15) is 0 Å². The van der Waals surface area contributed by atoms with Gasteiger partial charge in [-0.1, -0.05) is 24.6 Å². The molecule has 2 rings (SSSR count). The maximum absolute atomic E-state index is 11.7. The average molecular weight is 392 g/mol. The monoisotopic (exact) mass is 391 g/mol. The van der Waals surface area contributed by atoms with Crippen LogP contribution in [0.3, 0.4) is 0 Å². The van der Waals surface area contributed by atoms with Gasteiger partial charge in [-0.3, -0.25) is 4.79 Å². The number of rotatable bonds is 7. The molecule has 4 nitrogen and oxygen atoms in total. The first-order valence-corrected chi connectivity index (χ1v) is 10.8. The number of fused-ring (bicyclic) bond motifs is 1. The standard InChI is InChI=1S/C22H33NO3S/c1-5-6-7-15(2)20(24)9-8-18-19-11-16(10-17(19)12-21(18)25)13-27-14-22(26)23(3)4/h8-9,13,15,17-21,24-25H,7,10-12,14H2,1-4H3/b9-8+,16-13+/t15-,17-,18+,19-,20+,21+/m0/s1. The fourth-order valence-electron chi connectivity index (χ4n) is 4.04. The van der Waals surface area contributed by atoms with Gasteiger partial charge in [0.15, 0.2) is 0 Å². The molecule has 0 aromatic carbocycles. The number of hydrogen-bond acceptors (Lipinski definition) is 4. The van der Waals surface area contributed by atoms with Gasteiger partial charge < -0.3 is 15.1 Å². The molecule has 5 heteroatoms. The van der Waals surface area contributed by atoms with Gasteiger partial charge in [0, 0.05) is 26.4 Å². The fourth-order valence-corrected chi connectivity index (χ4v) is 4.96. The van der Waals surface area contributed by atoms with E-state index in [-0.39, 0.29) is 23.8 Å². The second-order valence-corrected chi connectivity index (χ2v) is 8.93. The molecule has 2 fully saturated rings. The first kappa shape index (κ1) is 22.1. The summed E-state index contributed by atoms with van der Waals surface area (Å²) in [6.07, 6.45) is 6.53. The molecule has 0 bridgehead atoms. The van der Waals surface area contributed by atoms with Crippen LogP contribution in [-0.4, -0.2) is 53.1 Å². The normalized spacial score (nSPS) is 30.8. The predicted molar refractivity (Wildman–Crippen MR) is 112 cm³/mol. The summed E-state index contributed by atoms with van der Waals surface area (Å²) in [6.45, 7) is 3.81. The van der Waals surface area contributed by atoms with Crippen molar-refractivity contribution in [2.75, 3.05) is 19.8 Å². The van der Waals surface area contributed by atoms with Crippen LogP contribution in [0.2, 0.25) is 0 Å². The Balaban J connectivity index is 1.91. The number of aliphatic hydroxyl groups excluding tert-OH is 2. The summed E-state index contributed by atoms with van der Waals surface area (Å²) in [5.41, 5.74) is 1.39. The van der Waals surface area contributed by atoms with Crippen LogP contribution >= 0.6 is 11.8 Å². The third-order valence-electron chi connectivity index (χ3n) is 5.78. The molecule has 2 saturated carbocycles. The second-order valence-electron chi connectivity index (χ2n) is 8.07. The molecule has 1 amide bonds. The number of carbonyl (C=O) groups excluding carboxylic acids is 1. The number of aliphatic hydroxyl groups is 2. The summed E-state index contributed by atoms with van der Waals surface area (Å²) in [7, 11) is 3.55. The van der Waals surface area contributed by atoms with Gasteiger partial charge in [0.1, 0.15) is 0 Å². The Morgan fingerprint density at radius 3 is 2.81 bits per heavy atom. The van der Waals surface area contributed by atoms with Gasteiger partial charge in [0.05, 0.1) is 18.0 Å². The highest BCUT2D eigenvalue weighted by Gasteiger charge is 2.45. The maximum atomic E-state index is 11.7. The molecule has 0 aromatic rings. The van der Waals surface area contributed by atoms with E-state index in [2.05, 4.69) is 17.2 Å². The third kappa shape index (κ3) is 6.14. The minimum atomic E-state index is -0.527. The largest absolute Gasteiger partial charge is 0.392 e. The number of hydrogen-bond donors (Lipinski definition) is 2. The van der Waals surface area contributed by atoms with E-state index in [0.29, 0.717) is 24.0 Å². The number of carbonyl (C=O) groups is 1. The Morgan fingerprint density at radius 2 is 2.15 bits per heavy atom. The van der Waals surface area contributed by atoms with Crippen LogP contribution in [0.5, 0.6) is 0 Å². The first-order valence-electron chi connectivity index (χ1n) is 9.77. The van der Waals surface area contributed by atoms with Crippen molar-refractivity contribution in [1.82, 2.24) is 4.90 Å². The van der Waals surface area contributed by atoms with E-state index in [1.807, 2.05) is 26.0 Å². The molecule has 0 saturated heterocycles. The van der Waals surface area contributed by atoms with Gasteiger partial charge >= 0.3 is 0 Å². The Morgan fingerprint density at radius 1 is 1.41 bits per heavy atom. The zero-order valence-electron chi connectivity index (χ0n) is 16.9. The minimum Gasteiger partial charge on any atom is -0.392 e. The lowest BCUT2D eigenvalue weighted by Crippen LogP contribution is -2.23. The highest BCUT2D eigenvalue weighted by molar-refractivity contribution is 8.02. The average Bonchev–Trinajstić information content (AvgIpc) is 3.13. The van der Waals surface area contributed by atoms with E-state index in [1.54, 1.807) is 30.8 Å². The van der Waals surface area contributed by atoms with Crippen molar-refractivity contribution >= 4 is 17.7 Å². The SMILES string of the molecule is CC#CC[C@H](C)[C@H](O)/C=C/[C@@H]1[C@H]2C/C(=C/SCC(=O)N(C)C)C[C@H]2C[C@H]1O. The summed E-state index contributed by atoms with van der Waals surface area (Å²) in [6, 6.07) is 0. The molecule has 0 aromatic heterocycles. The van der Waals surface area contributed by atoms with Crippen LogP contribution in [0.25, 0.3) is 0 Å². The summed E-state index contributed by atoms with van der Waals surface area (Å²) in [4.78, 5) is 13.3. The summed E-state index contributed by atoms with van der Waals surface area (Å²) in [5, 5.41) is 22.9. The molecule has 0 aliphatic heterocycles. The highest BCUT2D eigenvalue weighted by atomic mass is 32.2. The molecule has 2 aliphatic carbocycles. The van der Waals surface area contributed by atoms with Crippen molar-refractivity contribution in [3.8, 4) is 11.8 Å². The van der Waals surface area contributed by atoms with E-state index >= 15 is 0 Å². The molecule has 150 valence electrons. The van der Waals surface area contributed by atoms with Crippen LogP contribution in [0.1, 0.15) is 39.5 Å². The number of allylic oxidation sites excluding steroid dienone is 1. The lowest BCUT2D eigenvalue weighted by Gasteiger charge is -2.19. The van der Waals surface area contributed by atoms with Crippen LogP contribution in [-0.2, 0) is 4.79 Å². The zero-order chi connectivity index (χ0) is 20.0. The molecular weight excluding hydrogens is 358 g/mol. The van der Waals surface area contributed by atoms with Crippen molar-refractivity contribution in [2.24, 2.45) is 23.7 Å². The maximum Gasteiger partial charge on any atom is 0.232 e. The van der Waals surface area contributed by atoms with E-state index in [4.69, 9.17) is 0 Å². The number of amides is 1. The van der Waals surface area contributed by atoms with Crippen molar-refractivity contribution < 1.29 is 15.0 Å². The topological polar surface area (TPSA) is 60.8 Å². The van der Waals surface area contributed by atoms with E-state index < -0.39 is 6.10 Å². The Hall–Kier alpha value is -1.22. The van der Waals surface area contributed by atoms with Gasteiger partial charge in [0.2, 0.25) is 5.91 Å². The lowest BCUT2D eigenvalue weighted by molar-refractivity contribution is -0.125. The van der Waals surface area contributed by atoms with Crippen molar-refractivity contribution in [2.45, 2.75) is 51.7 Å². The number of nitrogens with zero attached hydrogens (tertiary/aromatic N) is 1. The van der Waals surface area contributed by atoms with Crippen LogP contribution in [0.4, 0.5) is 0 Å². The smallest absolute Gasteiger partial charge is 0.232 e. The van der Waals surface area contributed by atoms with Gasteiger partial charge in [-0.25, -0.2) is 0 Å². The lowest BCUT2D eigenvalue weighted by atomic mass is 9.89. The molecule has 6 atom stereocenters. The van der Waals surface area contributed by atoms with Crippen molar-refractivity contribution in [3.63, 3.8) is 0 Å². The molecular formula is C22H33NO3S. The molecule has 2 N–H and O–H groups in total. The predicted octanol–water partition coefficient (Wildman–Crippen LogP) is 3.07. The Kier molecular flexibility index (Phi) is 8.47. The summed E-state index contributed by atoms with van der Waals surface area (Å²) in [5.74, 6) is 7.62. The molecule has 2 aliphatic rings. The fraction of sp³-hybridized carbons (Fsp3) is 0.682. The molecule has 27 heavy (non-hydrogen) atoms. The quantitative estimate of drug-likeness (QED) is 0.517. The Bertz CT molecular complexity index is 631. The Labute approximate surface area is 168 Å². The summed E-state index contributed by atoms with van der Waals surface area (Å²) >= 11 is 1.57. The zero-order valence-corrected chi connectivity index (χ0v) is 17.7.